The second-order valence-corrected chi connectivity index (χ2v) is 6.39. The summed E-state index contributed by atoms with van der Waals surface area (Å²) in [5, 5.41) is 5.42. The van der Waals surface area contributed by atoms with Crippen LogP contribution in [-0.2, 0) is 16.0 Å². The molecule has 0 N–H and O–H groups in total. The molecule has 5 heteroatoms. The van der Waals surface area contributed by atoms with Gasteiger partial charge < -0.3 is 4.90 Å². The lowest BCUT2D eigenvalue weighted by Crippen LogP contribution is -2.44. The zero-order valence-electron chi connectivity index (χ0n) is 13.6. The fourth-order valence-corrected chi connectivity index (χ4v) is 3.29. The van der Waals surface area contributed by atoms with E-state index in [0.717, 1.165) is 32.4 Å². The van der Waals surface area contributed by atoms with Crippen molar-refractivity contribution in [2.45, 2.75) is 32.1 Å². The molecule has 0 radical (unpaired) electrons. The van der Waals surface area contributed by atoms with Gasteiger partial charge in [-0.25, -0.2) is 5.01 Å². The maximum atomic E-state index is 12.5. The van der Waals surface area contributed by atoms with Gasteiger partial charge in [-0.3, -0.25) is 9.59 Å². The van der Waals surface area contributed by atoms with Gasteiger partial charge in [0, 0.05) is 33.0 Å². The number of likely N-dealkylation sites (tertiary alicyclic amines) is 1. The maximum Gasteiger partial charge on any atom is 0.270 e. The third-order valence-corrected chi connectivity index (χ3v) is 4.72. The quantitative estimate of drug-likeness (QED) is 0.858. The standard InChI is InChI=1S/C18H23N3O2/c1-20-17(22)8-7-16(19-20)18(23)21-11-9-15(10-12-21)13-14-5-3-2-4-6-14/h2-6,15H,7-13H2,1H3. The Hall–Kier alpha value is -2.17. The van der Waals surface area contributed by atoms with Crippen LogP contribution in [0.1, 0.15) is 31.2 Å². The van der Waals surface area contributed by atoms with Crippen LogP contribution < -0.4 is 0 Å². The van der Waals surface area contributed by atoms with E-state index in [1.807, 2.05) is 11.0 Å². The fourth-order valence-electron chi connectivity index (χ4n) is 3.29. The molecule has 1 fully saturated rings. The lowest BCUT2D eigenvalue weighted by atomic mass is 9.90. The number of hydrogen-bond acceptors (Lipinski definition) is 3. The van der Waals surface area contributed by atoms with Crippen molar-refractivity contribution in [3.63, 3.8) is 0 Å². The van der Waals surface area contributed by atoms with Crippen LogP contribution in [0, 0.1) is 5.92 Å². The summed E-state index contributed by atoms with van der Waals surface area (Å²) in [6, 6.07) is 10.5. The van der Waals surface area contributed by atoms with Crippen molar-refractivity contribution in [3.8, 4) is 0 Å². The Balaban J connectivity index is 1.53. The number of carbonyl (C=O) groups excluding carboxylic acids is 2. The summed E-state index contributed by atoms with van der Waals surface area (Å²) in [5.41, 5.74) is 1.89. The van der Waals surface area contributed by atoms with Crippen molar-refractivity contribution in [1.82, 2.24) is 9.91 Å². The van der Waals surface area contributed by atoms with E-state index < -0.39 is 0 Å². The minimum Gasteiger partial charge on any atom is -0.338 e. The Labute approximate surface area is 137 Å². The smallest absolute Gasteiger partial charge is 0.270 e. The number of carbonyl (C=O) groups is 2. The first kappa shape index (κ1) is 15.7. The van der Waals surface area contributed by atoms with Crippen LogP contribution in [0.2, 0.25) is 0 Å². The van der Waals surface area contributed by atoms with E-state index in [2.05, 4.69) is 29.4 Å². The van der Waals surface area contributed by atoms with Crippen LogP contribution in [0.15, 0.2) is 35.4 Å². The highest BCUT2D eigenvalue weighted by Crippen LogP contribution is 2.22. The number of amides is 2. The molecule has 0 saturated carbocycles. The van der Waals surface area contributed by atoms with Gasteiger partial charge in [-0.1, -0.05) is 30.3 Å². The van der Waals surface area contributed by atoms with Crippen LogP contribution >= 0.6 is 0 Å². The minimum absolute atomic E-state index is 0.00233. The third-order valence-electron chi connectivity index (χ3n) is 4.72. The molecule has 0 aliphatic carbocycles. The van der Waals surface area contributed by atoms with E-state index in [1.165, 1.54) is 10.6 Å². The van der Waals surface area contributed by atoms with E-state index in [-0.39, 0.29) is 11.8 Å². The van der Waals surface area contributed by atoms with Gasteiger partial charge in [0.25, 0.3) is 5.91 Å². The second kappa shape index (κ2) is 6.94. The Morgan fingerprint density at radius 1 is 1.17 bits per heavy atom. The maximum absolute atomic E-state index is 12.5. The van der Waals surface area contributed by atoms with Crippen molar-refractivity contribution in [3.05, 3.63) is 35.9 Å². The highest BCUT2D eigenvalue weighted by atomic mass is 16.2. The predicted molar refractivity (Wildman–Crippen MR) is 88.9 cm³/mol. The first-order valence-electron chi connectivity index (χ1n) is 8.30. The van der Waals surface area contributed by atoms with Crippen LogP contribution in [0.4, 0.5) is 0 Å². The third kappa shape index (κ3) is 3.78. The number of hydrazone groups is 1. The van der Waals surface area contributed by atoms with E-state index >= 15 is 0 Å². The average Bonchev–Trinajstić information content (AvgIpc) is 2.58. The normalized spacial score (nSPS) is 19.7. The van der Waals surface area contributed by atoms with Gasteiger partial charge in [-0.2, -0.15) is 5.10 Å². The van der Waals surface area contributed by atoms with Crippen molar-refractivity contribution in [2.75, 3.05) is 20.1 Å². The molecule has 3 rings (SSSR count). The predicted octanol–water partition coefficient (Wildman–Crippen LogP) is 2.08. The van der Waals surface area contributed by atoms with Crippen LogP contribution in [0.25, 0.3) is 0 Å². The van der Waals surface area contributed by atoms with Crippen molar-refractivity contribution >= 4 is 17.5 Å². The van der Waals surface area contributed by atoms with Gasteiger partial charge in [-0.05, 0) is 30.7 Å². The molecule has 1 aromatic carbocycles. The molecule has 2 aliphatic heterocycles. The van der Waals surface area contributed by atoms with Gasteiger partial charge in [-0.15, -0.1) is 0 Å². The fraction of sp³-hybridized carbons (Fsp3) is 0.500. The second-order valence-electron chi connectivity index (χ2n) is 6.39. The molecule has 1 aromatic rings. The number of rotatable bonds is 3. The molecule has 0 bridgehead atoms. The molecular formula is C18H23N3O2. The molecule has 0 aromatic heterocycles. The number of nitrogens with zero attached hydrogens (tertiary/aromatic N) is 3. The van der Waals surface area contributed by atoms with E-state index in [0.29, 0.717) is 24.5 Å². The van der Waals surface area contributed by atoms with Crippen LogP contribution in [0.3, 0.4) is 0 Å². The summed E-state index contributed by atoms with van der Waals surface area (Å²) in [5.74, 6) is 0.615. The average molecular weight is 313 g/mol. The van der Waals surface area contributed by atoms with Gasteiger partial charge >= 0.3 is 0 Å². The molecule has 23 heavy (non-hydrogen) atoms. The SMILES string of the molecule is CN1N=C(C(=O)N2CCC(Cc3ccccc3)CC2)CCC1=O. The highest BCUT2D eigenvalue weighted by Gasteiger charge is 2.28. The number of piperidine rings is 1. The summed E-state index contributed by atoms with van der Waals surface area (Å²) >= 11 is 0. The molecule has 2 aliphatic rings. The molecule has 0 spiro atoms. The first-order chi connectivity index (χ1) is 11.1. The van der Waals surface area contributed by atoms with E-state index in [1.54, 1.807) is 7.05 Å². The molecule has 122 valence electrons. The van der Waals surface area contributed by atoms with E-state index in [9.17, 15) is 9.59 Å². The first-order valence-corrected chi connectivity index (χ1v) is 8.30. The summed E-state index contributed by atoms with van der Waals surface area (Å²) in [7, 11) is 1.61. The monoisotopic (exact) mass is 313 g/mol. The Morgan fingerprint density at radius 2 is 1.87 bits per heavy atom. The summed E-state index contributed by atoms with van der Waals surface area (Å²) < 4.78 is 0. The number of hydrogen-bond donors (Lipinski definition) is 0. The molecule has 2 heterocycles. The summed E-state index contributed by atoms with van der Waals surface area (Å²) in [4.78, 5) is 25.9. The lowest BCUT2D eigenvalue weighted by Gasteiger charge is -2.33. The van der Waals surface area contributed by atoms with Crippen molar-refractivity contribution in [2.24, 2.45) is 11.0 Å². The minimum atomic E-state index is -0.0249. The van der Waals surface area contributed by atoms with Crippen LogP contribution in [-0.4, -0.2) is 47.6 Å². The Bertz CT molecular complexity index is 604. The van der Waals surface area contributed by atoms with Crippen molar-refractivity contribution < 1.29 is 9.59 Å². The Kier molecular flexibility index (Phi) is 4.74. The topological polar surface area (TPSA) is 53.0 Å². The van der Waals surface area contributed by atoms with Gasteiger partial charge in [0.05, 0.1) is 0 Å². The molecule has 0 atom stereocenters. The van der Waals surface area contributed by atoms with Gasteiger partial charge in [0.2, 0.25) is 5.91 Å². The molecule has 5 nitrogen and oxygen atoms in total. The Morgan fingerprint density at radius 3 is 2.52 bits per heavy atom. The molecule has 1 saturated heterocycles. The molecular weight excluding hydrogens is 290 g/mol. The summed E-state index contributed by atoms with van der Waals surface area (Å²) in [6.07, 6.45) is 3.99. The van der Waals surface area contributed by atoms with E-state index in [4.69, 9.17) is 0 Å². The zero-order valence-corrected chi connectivity index (χ0v) is 13.6. The molecule has 2 amide bonds. The zero-order chi connectivity index (χ0) is 16.2. The van der Waals surface area contributed by atoms with Crippen molar-refractivity contribution in [1.29, 1.82) is 0 Å². The molecule has 0 unspecified atom stereocenters. The van der Waals surface area contributed by atoms with Gasteiger partial charge in [0.1, 0.15) is 5.71 Å². The number of benzene rings is 1. The van der Waals surface area contributed by atoms with Crippen LogP contribution in [0.5, 0.6) is 0 Å². The summed E-state index contributed by atoms with van der Waals surface area (Å²) in [6.45, 7) is 1.57. The largest absolute Gasteiger partial charge is 0.338 e. The van der Waals surface area contributed by atoms with Gasteiger partial charge in [0.15, 0.2) is 0 Å². The lowest BCUT2D eigenvalue weighted by molar-refractivity contribution is -0.130. The highest BCUT2D eigenvalue weighted by molar-refractivity contribution is 6.39.